The minimum atomic E-state index is -0.737. The van der Waals surface area contributed by atoms with Gasteiger partial charge in [-0.2, -0.15) is 11.8 Å². The van der Waals surface area contributed by atoms with Gasteiger partial charge in [-0.25, -0.2) is 4.79 Å². The molecule has 0 aliphatic rings. The number of nitrogens with one attached hydrogen (secondary N) is 3. The summed E-state index contributed by atoms with van der Waals surface area (Å²) in [7, 11) is 0. The lowest BCUT2D eigenvalue weighted by molar-refractivity contribution is -0.117. The molecule has 160 valence electrons. The zero-order chi connectivity index (χ0) is 22.2. The van der Waals surface area contributed by atoms with Crippen LogP contribution in [0.3, 0.4) is 0 Å². The molecule has 1 unspecified atom stereocenters. The van der Waals surface area contributed by atoms with Crippen LogP contribution in [0, 0.1) is 0 Å². The molecule has 0 aliphatic carbocycles. The summed E-state index contributed by atoms with van der Waals surface area (Å²) in [5.41, 5.74) is 1.67. The lowest BCUT2D eigenvalue weighted by Crippen LogP contribution is -2.47. The highest BCUT2D eigenvalue weighted by molar-refractivity contribution is 7.98. The van der Waals surface area contributed by atoms with Gasteiger partial charge in [-0.05, 0) is 60.9 Å². The first-order chi connectivity index (χ1) is 15.0. The normalized spacial score (nSPS) is 11.4. The molecule has 7 nitrogen and oxygen atoms in total. The zero-order valence-electron chi connectivity index (χ0n) is 16.7. The van der Waals surface area contributed by atoms with Crippen molar-refractivity contribution in [2.45, 2.75) is 6.04 Å². The standard InChI is InChI=1S/C22H21ClN4O3S/c1-31-14-19(26-22(30)25-17-7-5-15(23)6-8-17)21(29)24-16-9-11-18(12-10-16)27-13-3-2-4-20(27)28/h2-13,19H,14H2,1H3,(H,24,29)(H2,25,26,30). The monoisotopic (exact) mass is 456 g/mol. The number of urea groups is 1. The minimum Gasteiger partial charge on any atom is -0.325 e. The van der Waals surface area contributed by atoms with Gasteiger partial charge in [0.15, 0.2) is 0 Å². The first kappa shape index (κ1) is 22.5. The van der Waals surface area contributed by atoms with Crippen LogP contribution in [0.5, 0.6) is 0 Å². The Morgan fingerprint density at radius 3 is 2.26 bits per heavy atom. The van der Waals surface area contributed by atoms with E-state index in [-0.39, 0.29) is 11.5 Å². The van der Waals surface area contributed by atoms with Crippen LogP contribution < -0.4 is 21.5 Å². The molecule has 0 radical (unpaired) electrons. The molecule has 3 aromatic rings. The van der Waals surface area contributed by atoms with E-state index in [0.29, 0.717) is 27.8 Å². The second-order valence-corrected chi connectivity index (χ2v) is 7.91. The number of hydrogen-bond acceptors (Lipinski definition) is 4. The summed E-state index contributed by atoms with van der Waals surface area (Å²) < 4.78 is 1.50. The van der Waals surface area contributed by atoms with Crippen molar-refractivity contribution in [3.8, 4) is 5.69 Å². The van der Waals surface area contributed by atoms with Gasteiger partial charge < -0.3 is 16.0 Å². The van der Waals surface area contributed by atoms with Crippen molar-refractivity contribution in [3.05, 3.63) is 88.3 Å². The number of pyridine rings is 1. The van der Waals surface area contributed by atoms with Crippen LogP contribution in [0.25, 0.3) is 5.69 Å². The highest BCUT2D eigenvalue weighted by Gasteiger charge is 2.20. The smallest absolute Gasteiger partial charge is 0.319 e. The Hall–Kier alpha value is -3.23. The number of thioether (sulfide) groups is 1. The maximum atomic E-state index is 12.7. The van der Waals surface area contributed by atoms with Crippen molar-refractivity contribution in [1.82, 2.24) is 9.88 Å². The van der Waals surface area contributed by atoms with Crippen LogP contribution in [-0.4, -0.2) is 34.6 Å². The lowest BCUT2D eigenvalue weighted by Gasteiger charge is -2.18. The van der Waals surface area contributed by atoms with E-state index in [0.717, 1.165) is 0 Å². The van der Waals surface area contributed by atoms with Crippen LogP contribution in [0.15, 0.2) is 77.7 Å². The number of hydrogen-bond donors (Lipinski definition) is 3. The maximum absolute atomic E-state index is 12.7. The van der Waals surface area contributed by atoms with E-state index in [1.165, 1.54) is 22.4 Å². The molecular formula is C22H21ClN4O3S. The number of benzene rings is 2. The topological polar surface area (TPSA) is 92.2 Å². The van der Waals surface area contributed by atoms with Crippen LogP contribution >= 0.6 is 23.4 Å². The third kappa shape index (κ3) is 6.37. The summed E-state index contributed by atoms with van der Waals surface area (Å²) in [6.45, 7) is 0. The van der Waals surface area contributed by atoms with Crippen LogP contribution in [0.4, 0.5) is 16.2 Å². The summed E-state index contributed by atoms with van der Waals surface area (Å²) in [6, 6.07) is 17.2. The van der Waals surface area contributed by atoms with Gasteiger partial charge >= 0.3 is 6.03 Å². The molecule has 1 atom stereocenters. The third-order valence-electron chi connectivity index (χ3n) is 4.29. The molecule has 0 bridgehead atoms. The van der Waals surface area contributed by atoms with Gasteiger partial charge in [0.25, 0.3) is 5.56 Å². The molecular weight excluding hydrogens is 436 g/mol. The number of carbonyl (C=O) groups excluding carboxylic acids is 2. The number of carbonyl (C=O) groups is 2. The SMILES string of the molecule is CSCC(NC(=O)Nc1ccc(Cl)cc1)C(=O)Nc1ccc(-n2ccccc2=O)cc1. The molecule has 0 spiro atoms. The zero-order valence-corrected chi connectivity index (χ0v) is 18.2. The predicted molar refractivity (Wildman–Crippen MR) is 126 cm³/mol. The molecule has 3 amide bonds. The molecule has 0 saturated carbocycles. The second kappa shape index (κ2) is 10.7. The van der Waals surface area contributed by atoms with Gasteiger partial charge in [-0.1, -0.05) is 17.7 Å². The van der Waals surface area contributed by atoms with Crippen molar-refractivity contribution in [2.75, 3.05) is 22.6 Å². The third-order valence-corrected chi connectivity index (χ3v) is 5.21. The lowest BCUT2D eigenvalue weighted by atomic mass is 10.2. The molecule has 0 saturated heterocycles. The van der Waals surface area contributed by atoms with E-state index in [9.17, 15) is 14.4 Å². The van der Waals surface area contributed by atoms with Crippen LogP contribution in [-0.2, 0) is 4.79 Å². The number of halogens is 1. The molecule has 31 heavy (non-hydrogen) atoms. The molecule has 0 fully saturated rings. The molecule has 3 rings (SSSR count). The van der Waals surface area contributed by atoms with Gasteiger partial charge in [0.1, 0.15) is 6.04 Å². The van der Waals surface area contributed by atoms with E-state index in [2.05, 4.69) is 16.0 Å². The highest BCUT2D eigenvalue weighted by Crippen LogP contribution is 2.14. The summed E-state index contributed by atoms with van der Waals surface area (Å²) >= 11 is 7.29. The average Bonchev–Trinajstić information content (AvgIpc) is 2.76. The molecule has 1 aromatic heterocycles. The summed E-state index contributed by atoms with van der Waals surface area (Å²) in [6.07, 6.45) is 3.53. The summed E-state index contributed by atoms with van der Waals surface area (Å²) in [5, 5.41) is 8.72. The number of rotatable bonds is 7. The van der Waals surface area contributed by atoms with E-state index >= 15 is 0 Å². The largest absolute Gasteiger partial charge is 0.325 e. The fourth-order valence-corrected chi connectivity index (χ4v) is 3.48. The number of anilines is 2. The van der Waals surface area contributed by atoms with E-state index in [1.807, 2.05) is 6.26 Å². The first-order valence-corrected chi connectivity index (χ1v) is 11.1. The molecule has 1 heterocycles. The average molecular weight is 457 g/mol. The van der Waals surface area contributed by atoms with Crippen molar-refractivity contribution in [3.63, 3.8) is 0 Å². The van der Waals surface area contributed by atoms with Crippen molar-refractivity contribution in [2.24, 2.45) is 0 Å². The van der Waals surface area contributed by atoms with Crippen molar-refractivity contribution in [1.29, 1.82) is 0 Å². The summed E-state index contributed by atoms with van der Waals surface area (Å²) in [5.74, 6) is 0.0578. The molecule has 0 aliphatic heterocycles. The Labute approximate surface area is 188 Å². The molecule has 3 N–H and O–H groups in total. The maximum Gasteiger partial charge on any atom is 0.319 e. The van der Waals surface area contributed by atoms with Crippen molar-refractivity contribution < 1.29 is 9.59 Å². The van der Waals surface area contributed by atoms with E-state index in [1.54, 1.807) is 66.9 Å². The quantitative estimate of drug-likeness (QED) is 0.501. The Kier molecular flexibility index (Phi) is 7.75. The van der Waals surface area contributed by atoms with E-state index < -0.39 is 12.1 Å². The fraction of sp³-hybridized carbons (Fsp3) is 0.136. The first-order valence-electron chi connectivity index (χ1n) is 9.37. The second-order valence-electron chi connectivity index (χ2n) is 6.56. The number of amides is 3. The predicted octanol–water partition coefficient (Wildman–Crippen LogP) is 3.98. The van der Waals surface area contributed by atoms with Crippen LogP contribution in [0.2, 0.25) is 5.02 Å². The van der Waals surface area contributed by atoms with Gasteiger partial charge in [0.05, 0.1) is 0 Å². The summed E-state index contributed by atoms with van der Waals surface area (Å²) in [4.78, 5) is 36.9. The highest BCUT2D eigenvalue weighted by atomic mass is 35.5. The van der Waals surface area contributed by atoms with Crippen molar-refractivity contribution >= 4 is 46.7 Å². The number of nitrogens with zero attached hydrogens (tertiary/aromatic N) is 1. The van der Waals surface area contributed by atoms with E-state index in [4.69, 9.17) is 11.6 Å². The molecule has 9 heteroatoms. The Balaban J connectivity index is 1.63. The number of aromatic nitrogens is 1. The Bertz CT molecular complexity index is 1100. The van der Waals surface area contributed by atoms with Gasteiger partial charge in [-0.15, -0.1) is 0 Å². The molecule has 2 aromatic carbocycles. The van der Waals surface area contributed by atoms with Crippen LogP contribution in [0.1, 0.15) is 0 Å². The fourth-order valence-electron chi connectivity index (χ4n) is 2.78. The van der Waals surface area contributed by atoms with Gasteiger partial charge in [0, 0.05) is 40.1 Å². The minimum absolute atomic E-state index is 0.143. The van der Waals surface area contributed by atoms with Gasteiger partial charge in [-0.3, -0.25) is 14.2 Å². The Morgan fingerprint density at radius 2 is 1.61 bits per heavy atom. The van der Waals surface area contributed by atoms with Gasteiger partial charge in [0.2, 0.25) is 5.91 Å². The Morgan fingerprint density at radius 1 is 0.968 bits per heavy atom.